The molecule has 0 atom stereocenters. The van der Waals surface area contributed by atoms with E-state index in [1.165, 1.54) is 4.90 Å². The van der Waals surface area contributed by atoms with Gasteiger partial charge < -0.3 is 10.1 Å². The summed E-state index contributed by atoms with van der Waals surface area (Å²) in [4.78, 5) is 16.6. The molecule has 0 unspecified atom stereocenters. The standard InChI is InChI=1S/C20H23NO2S/c1-24-16-9-7-14(8-10-16)17(4-2-3-13-22)19-12-11-18(15-5-6-15)20(23)21-19/h4,7-12,15,22H,2-3,5-6,13H2,1H3,(H,21,23)/b17-4+. The van der Waals surface area contributed by atoms with E-state index in [-0.39, 0.29) is 12.2 Å². The monoisotopic (exact) mass is 341 g/mol. The molecule has 1 aromatic carbocycles. The van der Waals surface area contributed by atoms with Crippen molar-refractivity contribution in [1.82, 2.24) is 4.98 Å². The molecule has 2 aromatic rings. The van der Waals surface area contributed by atoms with Gasteiger partial charge in [0, 0.05) is 28.3 Å². The van der Waals surface area contributed by atoms with Crippen LogP contribution in [0.1, 0.15) is 48.4 Å². The summed E-state index contributed by atoms with van der Waals surface area (Å²) in [6.45, 7) is 0.173. The predicted octanol–water partition coefficient (Wildman–Crippen LogP) is 4.18. The highest BCUT2D eigenvalue weighted by Gasteiger charge is 2.26. The number of allylic oxidation sites excluding steroid dienone is 1. The molecule has 1 aliphatic carbocycles. The largest absolute Gasteiger partial charge is 0.396 e. The lowest BCUT2D eigenvalue weighted by molar-refractivity contribution is 0.289. The topological polar surface area (TPSA) is 53.1 Å². The van der Waals surface area contributed by atoms with Gasteiger partial charge >= 0.3 is 0 Å². The number of aromatic nitrogens is 1. The second-order valence-corrected chi connectivity index (χ2v) is 7.02. The van der Waals surface area contributed by atoms with Gasteiger partial charge in [-0.1, -0.05) is 24.3 Å². The van der Waals surface area contributed by atoms with Crippen molar-refractivity contribution in [3.63, 3.8) is 0 Å². The molecule has 3 nitrogen and oxygen atoms in total. The second-order valence-electron chi connectivity index (χ2n) is 6.14. The zero-order valence-corrected chi connectivity index (χ0v) is 14.7. The van der Waals surface area contributed by atoms with Crippen LogP contribution in [0.2, 0.25) is 0 Å². The number of aliphatic hydroxyl groups is 1. The van der Waals surface area contributed by atoms with Gasteiger partial charge in [-0.2, -0.15) is 0 Å². The Bertz CT molecular complexity index is 773. The third-order valence-corrected chi connectivity index (χ3v) is 5.10. The van der Waals surface area contributed by atoms with Crippen LogP contribution in [-0.4, -0.2) is 23.0 Å². The van der Waals surface area contributed by atoms with E-state index in [0.717, 1.165) is 48.1 Å². The quantitative estimate of drug-likeness (QED) is 0.587. The number of rotatable bonds is 7. The van der Waals surface area contributed by atoms with E-state index < -0.39 is 0 Å². The van der Waals surface area contributed by atoms with E-state index in [0.29, 0.717) is 5.92 Å². The van der Waals surface area contributed by atoms with Crippen LogP contribution in [0.25, 0.3) is 5.57 Å². The van der Waals surface area contributed by atoms with Crippen LogP contribution in [0.15, 0.2) is 52.2 Å². The highest BCUT2D eigenvalue weighted by Crippen LogP contribution is 2.38. The zero-order valence-electron chi connectivity index (χ0n) is 13.9. The maximum atomic E-state index is 12.4. The Morgan fingerprint density at radius 1 is 1.25 bits per heavy atom. The molecule has 1 fully saturated rings. The van der Waals surface area contributed by atoms with Gasteiger partial charge in [-0.3, -0.25) is 4.79 Å². The summed E-state index contributed by atoms with van der Waals surface area (Å²) in [5.41, 5.74) is 3.89. The van der Waals surface area contributed by atoms with Crippen molar-refractivity contribution in [2.45, 2.75) is 36.5 Å². The number of aromatic amines is 1. The van der Waals surface area contributed by atoms with E-state index >= 15 is 0 Å². The summed E-state index contributed by atoms with van der Waals surface area (Å²) in [5, 5.41) is 9.05. The molecule has 4 heteroatoms. The summed E-state index contributed by atoms with van der Waals surface area (Å²) >= 11 is 1.71. The number of unbranched alkanes of at least 4 members (excludes halogenated alkanes) is 1. The number of thioether (sulfide) groups is 1. The van der Waals surface area contributed by atoms with Crippen LogP contribution in [0.5, 0.6) is 0 Å². The van der Waals surface area contributed by atoms with Gasteiger partial charge in [0.05, 0.1) is 0 Å². The molecular formula is C20H23NO2S. The first-order valence-corrected chi connectivity index (χ1v) is 9.64. The van der Waals surface area contributed by atoms with Crippen molar-refractivity contribution in [3.05, 3.63) is 69.6 Å². The molecule has 0 amide bonds. The van der Waals surface area contributed by atoms with Crippen LogP contribution in [0.3, 0.4) is 0 Å². The lowest BCUT2D eigenvalue weighted by atomic mass is 9.99. The fourth-order valence-corrected chi connectivity index (χ4v) is 3.26. The molecule has 0 bridgehead atoms. The number of benzene rings is 1. The molecule has 2 N–H and O–H groups in total. The summed E-state index contributed by atoms with van der Waals surface area (Å²) in [6, 6.07) is 12.4. The molecule has 1 aromatic heterocycles. The fourth-order valence-electron chi connectivity index (χ4n) is 2.85. The Morgan fingerprint density at radius 3 is 2.58 bits per heavy atom. The third kappa shape index (κ3) is 4.00. The number of pyridine rings is 1. The molecule has 0 aliphatic heterocycles. The maximum Gasteiger partial charge on any atom is 0.251 e. The first kappa shape index (κ1) is 17.1. The minimum absolute atomic E-state index is 0.0313. The predicted molar refractivity (Wildman–Crippen MR) is 101 cm³/mol. The molecule has 1 aliphatic rings. The Morgan fingerprint density at radius 2 is 2.00 bits per heavy atom. The van der Waals surface area contributed by atoms with Crippen molar-refractivity contribution in [3.8, 4) is 0 Å². The number of hydrogen-bond acceptors (Lipinski definition) is 3. The lowest BCUT2D eigenvalue weighted by Gasteiger charge is -2.10. The van der Waals surface area contributed by atoms with Crippen molar-refractivity contribution >= 4 is 17.3 Å². The van der Waals surface area contributed by atoms with Gasteiger partial charge in [-0.15, -0.1) is 11.8 Å². The number of aliphatic hydroxyl groups excluding tert-OH is 1. The molecular weight excluding hydrogens is 318 g/mol. The number of hydrogen-bond donors (Lipinski definition) is 2. The normalized spacial score (nSPS) is 14.8. The first-order valence-electron chi connectivity index (χ1n) is 8.42. The van der Waals surface area contributed by atoms with Crippen LogP contribution < -0.4 is 5.56 Å². The molecule has 0 spiro atoms. The van der Waals surface area contributed by atoms with E-state index in [1.54, 1.807) is 11.8 Å². The minimum Gasteiger partial charge on any atom is -0.396 e. The van der Waals surface area contributed by atoms with Crippen molar-refractivity contribution in [1.29, 1.82) is 0 Å². The Labute approximate surface area is 146 Å². The highest BCUT2D eigenvalue weighted by atomic mass is 32.2. The van der Waals surface area contributed by atoms with Crippen LogP contribution in [-0.2, 0) is 0 Å². The van der Waals surface area contributed by atoms with Gasteiger partial charge in [-0.25, -0.2) is 0 Å². The van der Waals surface area contributed by atoms with E-state index in [2.05, 4.69) is 41.6 Å². The van der Waals surface area contributed by atoms with E-state index in [9.17, 15) is 4.79 Å². The van der Waals surface area contributed by atoms with Crippen molar-refractivity contribution in [2.75, 3.05) is 12.9 Å². The molecule has 0 saturated heterocycles. The Kier molecular flexibility index (Phi) is 5.59. The highest BCUT2D eigenvalue weighted by molar-refractivity contribution is 7.98. The van der Waals surface area contributed by atoms with Crippen LogP contribution >= 0.6 is 11.8 Å². The van der Waals surface area contributed by atoms with Gasteiger partial charge in [-0.05, 0) is 61.6 Å². The van der Waals surface area contributed by atoms with Crippen molar-refractivity contribution < 1.29 is 5.11 Å². The van der Waals surface area contributed by atoms with Gasteiger partial charge in [0.1, 0.15) is 0 Å². The molecule has 3 rings (SSSR count). The first-order chi connectivity index (χ1) is 11.7. The maximum absolute atomic E-state index is 12.4. The van der Waals surface area contributed by atoms with E-state index in [4.69, 9.17) is 5.11 Å². The molecule has 1 heterocycles. The lowest BCUT2D eigenvalue weighted by Crippen LogP contribution is -2.13. The Balaban J connectivity index is 1.95. The van der Waals surface area contributed by atoms with Gasteiger partial charge in [0.2, 0.25) is 0 Å². The third-order valence-electron chi connectivity index (χ3n) is 4.36. The minimum atomic E-state index is 0.0313. The molecule has 126 valence electrons. The number of H-pyrrole nitrogens is 1. The summed E-state index contributed by atoms with van der Waals surface area (Å²) < 4.78 is 0. The summed E-state index contributed by atoms with van der Waals surface area (Å²) in [6.07, 6.45) is 7.91. The fraction of sp³-hybridized carbons (Fsp3) is 0.350. The average molecular weight is 341 g/mol. The Hall–Kier alpha value is -1.78. The average Bonchev–Trinajstić information content (AvgIpc) is 3.44. The summed E-state index contributed by atoms with van der Waals surface area (Å²) in [5.74, 6) is 0.450. The second kappa shape index (κ2) is 7.86. The van der Waals surface area contributed by atoms with Gasteiger partial charge in [0.15, 0.2) is 0 Å². The number of nitrogens with one attached hydrogen (secondary N) is 1. The smallest absolute Gasteiger partial charge is 0.251 e. The van der Waals surface area contributed by atoms with Gasteiger partial charge in [0.25, 0.3) is 5.56 Å². The summed E-state index contributed by atoms with van der Waals surface area (Å²) in [7, 11) is 0. The van der Waals surface area contributed by atoms with Crippen LogP contribution in [0, 0.1) is 0 Å². The molecule has 24 heavy (non-hydrogen) atoms. The van der Waals surface area contributed by atoms with Crippen LogP contribution in [0.4, 0.5) is 0 Å². The van der Waals surface area contributed by atoms with Crippen molar-refractivity contribution in [2.24, 2.45) is 0 Å². The van der Waals surface area contributed by atoms with E-state index in [1.807, 2.05) is 12.1 Å². The molecule has 1 saturated carbocycles. The zero-order chi connectivity index (χ0) is 16.9. The SMILES string of the molecule is CSc1ccc(/C(=C\CCCO)c2ccc(C3CC3)c(=O)[nH]2)cc1. The molecule has 0 radical (unpaired) electrons.